The highest BCUT2D eigenvalue weighted by Gasteiger charge is 2.22. The van der Waals surface area contributed by atoms with Crippen LogP contribution in [0.15, 0.2) is 46.3 Å². The maximum absolute atomic E-state index is 12.8. The molecule has 3 aromatic rings. The lowest BCUT2D eigenvalue weighted by molar-refractivity contribution is 0.0949. The summed E-state index contributed by atoms with van der Waals surface area (Å²) in [4.78, 5) is 25.0. The summed E-state index contributed by atoms with van der Waals surface area (Å²) in [6.45, 7) is 2.00. The van der Waals surface area contributed by atoms with E-state index in [1.165, 1.54) is 7.05 Å². The number of amides is 1. The minimum absolute atomic E-state index is 0.131. The van der Waals surface area contributed by atoms with Crippen molar-refractivity contribution in [3.8, 4) is 5.75 Å². The standard InChI is InChI=1S/C21H20N4O3/c1-12-10-11-17(26)18-13(12)8-5-9-16(18)22-23-20(27)19-14-6-3-4-7-15(14)21(28)25(2)24-19/h3-4,6-7,10-11,26H,5,8-9H2,1-2H3,(H,23,27)/b22-16+. The van der Waals surface area contributed by atoms with Crippen LogP contribution in [0, 0.1) is 6.92 Å². The van der Waals surface area contributed by atoms with Crippen molar-refractivity contribution in [2.45, 2.75) is 26.2 Å². The Kier molecular flexibility index (Phi) is 4.43. The molecule has 1 heterocycles. The van der Waals surface area contributed by atoms with E-state index in [0.717, 1.165) is 28.7 Å². The molecule has 28 heavy (non-hydrogen) atoms. The van der Waals surface area contributed by atoms with Gasteiger partial charge in [0.2, 0.25) is 0 Å². The van der Waals surface area contributed by atoms with Crippen molar-refractivity contribution in [2.75, 3.05) is 0 Å². The van der Waals surface area contributed by atoms with Crippen LogP contribution in [-0.2, 0) is 13.5 Å². The van der Waals surface area contributed by atoms with Crippen LogP contribution in [0.5, 0.6) is 5.75 Å². The molecule has 1 aliphatic rings. The summed E-state index contributed by atoms with van der Waals surface area (Å²) >= 11 is 0. The molecule has 0 saturated heterocycles. The van der Waals surface area contributed by atoms with Crippen LogP contribution in [0.4, 0.5) is 0 Å². The van der Waals surface area contributed by atoms with E-state index in [1.54, 1.807) is 30.3 Å². The molecule has 4 rings (SSSR count). The molecule has 1 aliphatic carbocycles. The van der Waals surface area contributed by atoms with Crippen LogP contribution in [-0.4, -0.2) is 26.5 Å². The first kappa shape index (κ1) is 17.9. The number of nitrogens with one attached hydrogen (secondary N) is 1. The van der Waals surface area contributed by atoms with Crippen LogP contribution in [0.3, 0.4) is 0 Å². The highest BCUT2D eigenvalue weighted by Crippen LogP contribution is 2.31. The van der Waals surface area contributed by atoms with Gasteiger partial charge in [0.05, 0.1) is 11.1 Å². The lowest BCUT2D eigenvalue weighted by Crippen LogP contribution is -2.28. The maximum Gasteiger partial charge on any atom is 0.292 e. The normalized spacial score (nSPS) is 14.9. The molecule has 0 spiro atoms. The fourth-order valence-electron chi connectivity index (χ4n) is 3.69. The Bertz CT molecular complexity index is 1190. The first-order valence-electron chi connectivity index (χ1n) is 9.12. The number of hydrazone groups is 1. The number of nitrogens with zero attached hydrogens (tertiary/aromatic N) is 3. The zero-order valence-electron chi connectivity index (χ0n) is 15.7. The van der Waals surface area contributed by atoms with E-state index in [0.29, 0.717) is 28.5 Å². The average Bonchev–Trinajstić information content (AvgIpc) is 2.71. The number of benzene rings is 2. The maximum atomic E-state index is 12.8. The van der Waals surface area contributed by atoms with E-state index in [2.05, 4.69) is 15.6 Å². The summed E-state index contributed by atoms with van der Waals surface area (Å²) in [5.41, 5.74) is 5.92. The molecule has 2 aromatic carbocycles. The number of fused-ring (bicyclic) bond motifs is 2. The van der Waals surface area contributed by atoms with Crippen molar-refractivity contribution in [3.05, 3.63) is 69.1 Å². The van der Waals surface area contributed by atoms with Crippen molar-refractivity contribution < 1.29 is 9.90 Å². The van der Waals surface area contributed by atoms with Crippen molar-refractivity contribution >= 4 is 22.4 Å². The second kappa shape index (κ2) is 6.92. The third-order valence-electron chi connectivity index (χ3n) is 5.12. The number of carbonyl (C=O) groups is 1. The zero-order valence-corrected chi connectivity index (χ0v) is 15.7. The number of carbonyl (C=O) groups excluding carboxylic acids is 1. The van der Waals surface area contributed by atoms with Gasteiger partial charge in [-0.25, -0.2) is 10.1 Å². The van der Waals surface area contributed by atoms with Crippen LogP contribution < -0.4 is 11.0 Å². The number of aryl methyl sites for hydroxylation is 2. The van der Waals surface area contributed by atoms with Crippen LogP contribution in [0.2, 0.25) is 0 Å². The van der Waals surface area contributed by atoms with Crippen LogP contribution in [0.1, 0.15) is 40.0 Å². The number of hydrogen-bond acceptors (Lipinski definition) is 5. The highest BCUT2D eigenvalue weighted by atomic mass is 16.3. The molecule has 0 unspecified atom stereocenters. The molecule has 0 aliphatic heterocycles. The molecule has 142 valence electrons. The zero-order chi connectivity index (χ0) is 19.8. The highest BCUT2D eigenvalue weighted by molar-refractivity contribution is 6.08. The number of rotatable bonds is 2. The van der Waals surface area contributed by atoms with Gasteiger partial charge < -0.3 is 5.11 Å². The monoisotopic (exact) mass is 376 g/mol. The van der Waals surface area contributed by atoms with Crippen LogP contribution in [0.25, 0.3) is 10.8 Å². The van der Waals surface area contributed by atoms with Gasteiger partial charge in [0.25, 0.3) is 11.5 Å². The molecular weight excluding hydrogens is 356 g/mol. The second-order valence-electron chi connectivity index (χ2n) is 6.93. The Hall–Kier alpha value is -3.48. The first-order valence-corrected chi connectivity index (χ1v) is 9.12. The third kappa shape index (κ3) is 2.94. The molecule has 1 amide bonds. The Morgan fingerprint density at radius 3 is 2.71 bits per heavy atom. The predicted octanol–water partition coefficient (Wildman–Crippen LogP) is 2.42. The molecule has 1 aromatic heterocycles. The third-order valence-corrected chi connectivity index (χ3v) is 5.12. The van der Waals surface area contributed by atoms with E-state index >= 15 is 0 Å². The summed E-state index contributed by atoms with van der Waals surface area (Å²) < 4.78 is 1.15. The summed E-state index contributed by atoms with van der Waals surface area (Å²) in [5.74, 6) is -0.336. The first-order chi connectivity index (χ1) is 13.5. The van der Waals surface area contributed by atoms with Crippen molar-refractivity contribution in [1.82, 2.24) is 15.2 Å². The molecule has 7 nitrogen and oxygen atoms in total. The number of phenolic OH excluding ortho intramolecular Hbond substituents is 1. The van der Waals surface area contributed by atoms with Gasteiger partial charge >= 0.3 is 0 Å². The Morgan fingerprint density at radius 1 is 1.18 bits per heavy atom. The summed E-state index contributed by atoms with van der Waals surface area (Å²) in [5, 5.41) is 19.6. The molecule has 0 atom stereocenters. The lowest BCUT2D eigenvalue weighted by Gasteiger charge is -2.21. The summed E-state index contributed by atoms with van der Waals surface area (Å²) in [7, 11) is 1.51. The molecule has 0 radical (unpaired) electrons. The SMILES string of the molecule is Cc1ccc(O)c2c1CCC/C2=N\NC(=O)c1nn(C)c(=O)c2ccccc12. The van der Waals surface area contributed by atoms with Crippen molar-refractivity contribution in [3.63, 3.8) is 0 Å². The largest absolute Gasteiger partial charge is 0.507 e. The van der Waals surface area contributed by atoms with Gasteiger partial charge in [-0.1, -0.05) is 24.3 Å². The lowest BCUT2D eigenvalue weighted by atomic mass is 9.86. The number of aromatic nitrogens is 2. The van der Waals surface area contributed by atoms with Gasteiger partial charge in [-0.15, -0.1) is 0 Å². The average molecular weight is 376 g/mol. The van der Waals surface area contributed by atoms with E-state index in [-0.39, 0.29) is 17.0 Å². The fraction of sp³-hybridized carbons (Fsp3) is 0.238. The Balaban J connectivity index is 1.73. The van der Waals surface area contributed by atoms with Crippen molar-refractivity contribution in [2.24, 2.45) is 12.1 Å². The topological polar surface area (TPSA) is 96.6 Å². The minimum atomic E-state index is -0.501. The smallest absolute Gasteiger partial charge is 0.292 e. The Morgan fingerprint density at radius 2 is 1.93 bits per heavy atom. The van der Waals surface area contributed by atoms with Gasteiger partial charge in [-0.05, 0) is 49.4 Å². The van der Waals surface area contributed by atoms with Gasteiger partial charge in [-0.2, -0.15) is 10.2 Å². The van der Waals surface area contributed by atoms with E-state index in [4.69, 9.17) is 0 Å². The summed E-state index contributed by atoms with van der Waals surface area (Å²) in [6, 6.07) is 10.4. The molecule has 7 heteroatoms. The van der Waals surface area contributed by atoms with Gasteiger partial charge in [0.1, 0.15) is 5.75 Å². The Labute approximate surface area is 161 Å². The van der Waals surface area contributed by atoms with E-state index in [9.17, 15) is 14.7 Å². The van der Waals surface area contributed by atoms with Gasteiger partial charge in [0, 0.05) is 18.0 Å². The summed E-state index contributed by atoms with van der Waals surface area (Å²) in [6.07, 6.45) is 2.42. The van der Waals surface area contributed by atoms with Crippen molar-refractivity contribution in [1.29, 1.82) is 0 Å². The fourth-order valence-corrected chi connectivity index (χ4v) is 3.69. The number of aromatic hydroxyl groups is 1. The quantitative estimate of drug-likeness (QED) is 0.671. The van der Waals surface area contributed by atoms with Gasteiger partial charge in [0.15, 0.2) is 5.69 Å². The predicted molar refractivity (Wildman–Crippen MR) is 107 cm³/mol. The van der Waals surface area contributed by atoms with E-state index < -0.39 is 5.91 Å². The molecule has 0 bridgehead atoms. The molecule has 0 fully saturated rings. The molecule has 2 N–H and O–H groups in total. The number of phenols is 1. The molecule has 0 saturated carbocycles. The second-order valence-corrected chi connectivity index (χ2v) is 6.93. The molecular formula is C21H20N4O3. The number of hydrogen-bond donors (Lipinski definition) is 2. The minimum Gasteiger partial charge on any atom is -0.507 e. The van der Waals surface area contributed by atoms with E-state index in [1.807, 2.05) is 13.0 Å². The van der Waals surface area contributed by atoms with Crippen LogP contribution >= 0.6 is 0 Å². The van der Waals surface area contributed by atoms with Gasteiger partial charge in [-0.3, -0.25) is 9.59 Å².